The maximum Gasteiger partial charge on any atom is 0.128 e. The first-order valence-electron chi connectivity index (χ1n) is 5.57. The molecule has 17 heavy (non-hydrogen) atoms. The second-order valence-electron chi connectivity index (χ2n) is 4.12. The number of benzene rings is 1. The van der Waals surface area contributed by atoms with Gasteiger partial charge in [-0.05, 0) is 24.1 Å². The second-order valence-corrected chi connectivity index (χ2v) is 4.12. The topological polar surface area (TPSA) is 59.1 Å². The van der Waals surface area contributed by atoms with E-state index in [-0.39, 0.29) is 6.54 Å². The number of nitrogens with zero attached hydrogens (tertiary/aromatic N) is 1. The zero-order chi connectivity index (χ0) is 12.3. The Morgan fingerprint density at radius 3 is 2.53 bits per heavy atom. The van der Waals surface area contributed by atoms with Crippen LogP contribution in [0.15, 0.2) is 48.8 Å². The molecule has 88 valence electrons. The highest BCUT2D eigenvalue weighted by atomic mass is 16.3. The van der Waals surface area contributed by atoms with Gasteiger partial charge < -0.3 is 10.8 Å². The van der Waals surface area contributed by atoms with Crippen molar-refractivity contribution in [3.63, 3.8) is 0 Å². The fourth-order valence-electron chi connectivity index (χ4n) is 1.99. The number of rotatable bonds is 3. The predicted molar refractivity (Wildman–Crippen MR) is 67.5 cm³/mol. The van der Waals surface area contributed by atoms with Crippen LogP contribution in [0.25, 0.3) is 0 Å². The Morgan fingerprint density at radius 1 is 1.24 bits per heavy atom. The summed E-state index contributed by atoms with van der Waals surface area (Å²) in [5, 5.41) is 10.8. The van der Waals surface area contributed by atoms with E-state index in [1.807, 2.05) is 43.3 Å². The van der Waals surface area contributed by atoms with Crippen LogP contribution >= 0.6 is 0 Å². The maximum atomic E-state index is 10.8. The van der Waals surface area contributed by atoms with Crippen LogP contribution in [0, 0.1) is 6.92 Å². The van der Waals surface area contributed by atoms with Gasteiger partial charge in [0, 0.05) is 24.5 Å². The van der Waals surface area contributed by atoms with Crippen molar-refractivity contribution in [2.24, 2.45) is 5.73 Å². The van der Waals surface area contributed by atoms with E-state index < -0.39 is 5.60 Å². The van der Waals surface area contributed by atoms with Crippen LogP contribution in [-0.4, -0.2) is 16.6 Å². The summed E-state index contributed by atoms with van der Waals surface area (Å²) in [4.78, 5) is 4.07. The van der Waals surface area contributed by atoms with Crippen molar-refractivity contribution in [2.45, 2.75) is 12.5 Å². The molecule has 0 saturated heterocycles. The Morgan fingerprint density at radius 2 is 1.94 bits per heavy atom. The number of pyridine rings is 1. The molecule has 1 atom stereocenters. The molecule has 1 aromatic carbocycles. The quantitative estimate of drug-likeness (QED) is 0.838. The summed E-state index contributed by atoms with van der Waals surface area (Å²) < 4.78 is 0. The van der Waals surface area contributed by atoms with Crippen molar-refractivity contribution >= 4 is 0 Å². The van der Waals surface area contributed by atoms with Crippen molar-refractivity contribution in [3.05, 3.63) is 65.5 Å². The largest absolute Gasteiger partial charge is 0.379 e. The van der Waals surface area contributed by atoms with Gasteiger partial charge >= 0.3 is 0 Å². The molecule has 0 bridgehead atoms. The Balaban J connectivity index is 2.56. The highest BCUT2D eigenvalue weighted by molar-refractivity contribution is 5.39. The number of aliphatic hydroxyl groups is 1. The third-order valence-electron chi connectivity index (χ3n) is 3.03. The van der Waals surface area contributed by atoms with Crippen LogP contribution in [0.3, 0.4) is 0 Å². The number of aromatic nitrogens is 1. The van der Waals surface area contributed by atoms with Gasteiger partial charge in [0.2, 0.25) is 0 Å². The molecule has 1 aromatic heterocycles. The fraction of sp³-hybridized carbons (Fsp3) is 0.214. The summed E-state index contributed by atoms with van der Waals surface area (Å²) in [6.45, 7) is 2.07. The molecule has 0 aliphatic heterocycles. The van der Waals surface area contributed by atoms with Gasteiger partial charge in [-0.15, -0.1) is 0 Å². The molecule has 0 fully saturated rings. The molecule has 1 unspecified atom stereocenters. The monoisotopic (exact) mass is 228 g/mol. The summed E-state index contributed by atoms with van der Waals surface area (Å²) in [5.41, 5.74) is 7.13. The maximum absolute atomic E-state index is 10.8. The molecule has 2 aromatic rings. The minimum Gasteiger partial charge on any atom is -0.379 e. The lowest BCUT2D eigenvalue weighted by atomic mass is 9.85. The van der Waals surface area contributed by atoms with Crippen molar-refractivity contribution in [2.75, 3.05) is 6.54 Å². The van der Waals surface area contributed by atoms with Gasteiger partial charge in [0.15, 0.2) is 0 Å². The third-order valence-corrected chi connectivity index (χ3v) is 3.03. The van der Waals surface area contributed by atoms with Crippen molar-refractivity contribution < 1.29 is 5.11 Å². The van der Waals surface area contributed by atoms with Gasteiger partial charge in [0.1, 0.15) is 5.60 Å². The average molecular weight is 228 g/mol. The van der Waals surface area contributed by atoms with Gasteiger partial charge in [-0.3, -0.25) is 4.98 Å². The van der Waals surface area contributed by atoms with Crippen LogP contribution in [-0.2, 0) is 5.60 Å². The molecule has 1 heterocycles. The zero-order valence-corrected chi connectivity index (χ0v) is 9.80. The highest BCUT2D eigenvalue weighted by Gasteiger charge is 2.31. The molecular formula is C14H16N2O. The number of hydrogen-bond donors (Lipinski definition) is 2. The van der Waals surface area contributed by atoms with Crippen LogP contribution in [0.4, 0.5) is 0 Å². The summed E-state index contributed by atoms with van der Waals surface area (Å²) in [5.74, 6) is 0. The summed E-state index contributed by atoms with van der Waals surface area (Å²) in [6.07, 6.45) is 3.38. The van der Waals surface area contributed by atoms with E-state index in [4.69, 9.17) is 5.73 Å². The standard InChI is InChI=1S/C14H16N2O/c1-11-7-8-16-9-13(11)14(17,10-15)12-5-3-2-4-6-12/h2-9,17H,10,15H2,1H3. The summed E-state index contributed by atoms with van der Waals surface area (Å²) in [7, 11) is 0. The Bertz CT molecular complexity index is 499. The lowest BCUT2D eigenvalue weighted by Crippen LogP contribution is -2.36. The van der Waals surface area contributed by atoms with Gasteiger partial charge in [-0.25, -0.2) is 0 Å². The molecule has 0 spiro atoms. The van der Waals surface area contributed by atoms with Crippen molar-refractivity contribution in [1.29, 1.82) is 0 Å². The van der Waals surface area contributed by atoms with Gasteiger partial charge in [0.25, 0.3) is 0 Å². The lowest BCUT2D eigenvalue weighted by Gasteiger charge is -2.28. The first-order valence-corrected chi connectivity index (χ1v) is 5.57. The third kappa shape index (κ3) is 2.07. The fourth-order valence-corrected chi connectivity index (χ4v) is 1.99. The predicted octanol–water partition coefficient (Wildman–Crippen LogP) is 1.58. The van der Waals surface area contributed by atoms with E-state index >= 15 is 0 Å². The van der Waals surface area contributed by atoms with Crippen LogP contribution in [0.2, 0.25) is 0 Å². The van der Waals surface area contributed by atoms with E-state index in [1.165, 1.54) is 0 Å². The molecule has 3 heteroatoms. The molecule has 2 rings (SSSR count). The van der Waals surface area contributed by atoms with E-state index in [0.717, 1.165) is 16.7 Å². The highest BCUT2D eigenvalue weighted by Crippen LogP contribution is 2.29. The molecular weight excluding hydrogens is 212 g/mol. The molecule has 3 nitrogen and oxygen atoms in total. The van der Waals surface area contributed by atoms with Crippen molar-refractivity contribution in [1.82, 2.24) is 4.98 Å². The van der Waals surface area contributed by atoms with Gasteiger partial charge in [-0.2, -0.15) is 0 Å². The SMILES string of the molecule is Cc1ccncc1C(O)(CN)c1ccccc1. The van der Waals surface area contributed by atoms with Gasteiger partial charge in [0.05, 0.1) is 0 Å². The van der Waals surface area contributed by atoms with Gasteiger partial charge in [-0.1, -0.05) is 30.3 Å². The van der Waals surface area contributed by atoms with E-state index in [9.17, 15) is 5.11 Å². The number of hydrogen-bond acceptors (Lipinski definition) is 3. The van der Waals surface area contributed by atoms with E-state index in [1.54, 1.807) is 12.4 Å². The minimum atomic E-state index is -1.17. The van der Waals surface area contributed by atoms with Crippen LogP contribution in [0.5, 0.6) is 0 Å². The molecule has 3 N–H and O–H groups in total. The first-order chi connectivity index (χ1) is 8.18. The first kappa shape index (κ1) is 11.8. The molecule has 0 amide bonds. The zero-order valence-electron chi connectivity index (χ0n) is 9.80. The molecule has 0 aliphatic carbocycles. The van der Waals surface area contributed by atoms with E-state index in [2.05, 4.69) is 4.98 Å². The average Bonchev–Trinajstić information content (AvgIpc) is 2.39. The molecule has 0 saturated carbocycles. The number of nitrogens with two attached hydrogens (primary N) is 1. The minimum absolute atomic E-state index is 0.129. The Labute approximate surface area is 101 Å². The Kier molecular flexibility index (Phi) is 3.22. The van der Waals surface area contributed by atoms with Crippen LogP contribution < -0.4 is 5.73 Å². The summed E-state index contributed by atoms with van der Waals surface area (Å²) >= 11 is 0. The lowest BCUT2D eigenvalue weighted by molar-refractivity contribution is 0.0892. The molecule has 0 radical (unpaired) electrons. The smallest absolute Gasteiger partial charge is 0.128 e. The van der Waals surface area contributed by atoms with E-state index in [0.29, 0.717) is 0 Å². The molecule has 0 aliphatic rings. The summed E-state index contributed by atoms with van der Waals surface area (Å²) in [6, 6.07) is 11.3. The Hall–Kier alpha value is -1.71. The van der Waals surface area contributed by atoms with Crippen LogP contribution in [0.1, 0.15) is 16.7 Å². The normalized spacial score (nSPS) is 14.3. The van der Waals surface area contributed by atoms with Crippen molar-refractivity contribution in [3.8, 4) is 0 Å². The number of aryl methyl sites for hydroxylation is 1. The second kappa shape index (κ2) is 4.65.